The summed E-state index contributed by atoms with van der Waals surface area (Å²) in [6.45, 7) is 4.93. The van der Waals surface area contributed by atoms with Crippen molar-refractivity contribution >= 4 is 17.3 Å². The van der Waals surface area contributed by atoms with Gasteiger partial charge in [0, 0.05) is 37.2 Å². The predicted molar refractivity (Wildman–Crippen MR) is 120 cm³/mol. The number of hydrogen-bond acceptors (Lipinski definition) is 6. The van der Waals surface area contributed by atoms with Crippen molar-refractivity contribution in [2.45, 2.75) is 25.8 Å². The van der Waals surface area contributed by atoms with E-state index in [1.54, 1.807) is 11.0 Å². The van der Waals surface area contributed by atoms with Crippen LogP contribution in [0.4, 0.5) is 10.1 Å². The fourth-order valence-corrected chi connectivity index (χ4v) is 4.32. The summed E-state index contributed by atoms with van der Waals surface area (Å²) >= 11 is 0. The Hall–Kier alpha value is -3.29. The molecule has 2 aliphatic rings. The smallest absolute Gasteiger partial charge is 0.197 e. The number of nitrogens with one attached hydrogen (secondary N) is 1. The van der Waals surface area contributed by atoms with Gasteiger partial charge in [0.25, 0.3) is 0 Å². The molecule has 8 heteroatoms. The molecular weight excluding hydrogens is 413 g/mol. The fraction of sp³-hybridized carbons (Fsp3) is 0.417. The summed E-state index contributed by atoms with van der Waals surface area (Å²) in [7, 11) is 6.62. The van der Waals surface area contributed by atoms with Gasteiger partial charge in [0.1, 0.15) is 11.6 Å². The summed E-state index contributed by atoms with van der Waals surface area (Å²) in [5.41, 5.74) is 2.92. The molecule has 0 spiro atoms. The number of nitrogens with zero attached hydrogens (tertiary/aromatic N) is 2. The lowest BCUT2D eigenvalue weighted by Crippen LogP contribution is -2.30. The third-order valence-electron chi connectivity index (χ3n) is 6.12. The Morgan fingerprint density at radius 3 is 2.59 bits per heavy atom. The molecule has 0 aliphatic carbocycles. The number of fused-ring (bicyclic) bond motifs is 2. The highest BCUT2D eigenvalue weighted by Gasteiger charge is 2.36. The van der Waals surface area contributed by atoms with Crippen molar-refractivity contribution in [3.8, 4) is 17.2 Å². The third kappa shape index (κ3) is 3.34. The van der Waals surface area contributed by atoms with Crippen LogP contribution in [0.5, 0.6) is 17.2 Å². The van der Waals surface area contributed by atoms with Crippen LogP contribution in [-0.4, -0.2) is 58.0 Å². The van der Waals surface area contributed by atoms with E-state index in [1.807, 2.05) is 31.1 Å². The highest BCUT2D eigenvalue weighted by atomic mass is 19.1. The van der Waals surface area contributed by atoms with Gasteiger partial charge in [-0.1, -0.05) is 13.8 Å². The maximum absolute atomic E-state index is 15.0. The molecular formula is C24H28FN3O4. The number of Topliss-reactive ketones (excluding diaryl/α,β-unsaturated/α-hetero) is 1. The first-order valence-electron chi connectivity index (χ1n) is 10.4. The van der Waals surface area contributed by atoms with Gasteiger partial charge in [-0.3, -0.25) is 10.2 Å². The second-order valence-corrected chi connectivity index (χ2v) is 9.03. The number of amidine groups is 1. The molecule has 0 amide bonds. The second-order valence-electron chi connectivity index (χ2n) is 9.03. The highest BCUT2D eigenvalue weighted by Crippen LogP contribution is 2.45. The lowest BCUT2D eigenvalue weighted by molar-refractivity contribution is 0.0962. The molecule has 0 radical (unpaired) electrons. The Labute approximate surface area is 187 Å². The Morgan fingerprint density at radius 1 is 1.25 bits per heavy atom. The Morgan fingerprint density at radius 2 is 1.97 bits per heavy atom. The van der Waals surface area contributed by atoms with Crippen molar-refractivity contribution < 1.29 is 23.4 Å². The topological polar surface area (TPSA) is 75.1 Å². The number of anilines is 1. The van der Waals surface area contributed by atoms with Crippen LogP contribution in [0.3, 0.4) is 0 Å². The lowest BCUT2D eigenvalue weighted by atomic mass is 9.85. The summed E-state index contributed by atoms with van der Waals surface area (Å²) < 4.78 is 31.3. The first-order chi connectivity index (χ1) is 15.1. The SMILES string of the molecule is COc1cc2c(c(F)c1OC)C(=N)N(CC(=O)c1cc(N(C)C)c3c(c1)C(C)(C)CO3)C2. The third-order valence-corrected chi connectivity index (χ3v) is 6.12. The lowest BCUT2D eigenvalue weighted by Gasteiger charge is -2.21. The zero-order valence-electron chi connectivity index (χ0n) is 19.3. The second kappa shape index (κ2) is 7.69. The molecule has 1 N–H and O–H groups in total. The van der Waals surface area contributed by atoms with E-state index in [2.05, 4.69) is 13.8 Å². The van der Waals surface area contributed by atoms with E-state index in [1.165, 1.54) is 14.2 Å². The van der Waals surface area contributed by atoms with Gasteiger partial charge in [0.05, 0.1) is 38.6 Å². The number of ketones is 1. The van der Waals surface area contributed by atoms with Crippen LogP contribution in [0, 0.1) is 11.2 Å². The van der Waals surface area contributed by atoms with Gasteiger partial charge in [-0.25, -0.2) is 4.39 Å². The van der Waals surface area contributed by atoms with Crippen molar-refractivity contribution in [2.24, 2.45) is 0 Å². The monoisotopic (exact) mass is 441 g/mol. The quantitative estimate of drug-likeness (QED) is 0.691. The predicted octanol–water partition coefficient (Wildman–Crippen LogP) is 3.60. The molecule has 0 fully saturated rings. The molecule has 2 aromatic carbocycles. The largest absolute Gasteiger partial charge is 0.493 e. The molecule has 2 aromatic rings. The van der Waals surface area contributed by atoms with Crippen LogP contribution in [-0.2, 0) is 12.0 Å². The van der Waals surface area contributed by atoms with E-state index in [9.17, 15) is 4.79 Å². The van der Waals surface area contributed by atoms with Gasteiger partial charge in [-0.15, -0.1) is 0 Å². The van der Waals surface area contributed by atoms with Crippen LogP contribution < -0.4 is 19.1 Å². The van der Waals surface area contributed by atoms with E-state index in [0.717, 1.165) is 17.0 Å². The zero-order valence-corrected chi connectivity index (χ0v) is 19.3. The minimum absolute atomic E-state index is 0.0372. The molecule has 0 atom stereocenters. The molecule has 4 rings (SSSR count). The van der Waals surface area contributed by atoms with Gasteiger partial charge >= 0.3 is 0 Å². The number of hydrogen-bond donors (Lipinski definition) is 1. The van der Waals surface area contributed by atoms with Gasteiger partial charge in [0.15, 0.2) is 23.1 Å². The van der Waals surface area contributed by atoms with E-state index in [0.29, 0.717) is 17.7 Å². The van der Waals surface area contributed by atoms with Crippen molar-refractivity contribution in [1.29, 1.82) is 5.41 Å². The number of halogens is 1. The highest BCUT2D eigenvalue weighted by molar-refractivity contribution is 6.06. The van der Waals surface area contributed by atoms with Crippen LogP contribution in [0.1, 0.15) is 40.9 Å². The first kappa shape index (κ1) is 21.9. The van der Waals surface area contributed by atoms with E-state index in [-0.39, 0.29) is 47.2 Å². The zero-order chi connectivity index (χ0) is 23.4. The summed E-state index contributed by atoms with van der Waals surface area (Å²) in [4.78, 5) is 16.8. The summed E-state index contributed by atoms with van der Waals surface area (Å²) in [6.07, 6.45) is 0. The van der Waals surface area contributed by atoms with Gasteiger partial charge in [-0.05, 0) is 23.8 Å². The molecule has 0 saturated heterocycles. The molecule has 0 saturated carbocycles. The minimum Gasteiger partial charge on any atom is -0.493 e. The number of carbonyl (C=O) groups is 1. The standard InChI is InChI=1S/C24H28FN3O4/c1-24(2)12-32-21-15(24)7-13(8-16(21)27(3)4)17(29)11-28-10-14-9-18(30-5)22(31-6)20(25)19(14)23(28)26/h7-9,26H,10-12H2,1-6H3. The normalized spacial score (nSPS) is 15.8. The average Bonchev–Trinajstić information content (AvgIpc) is 3.23. The van der Waals surface area contributed by atoms with Gasteiger partial charge in [0.2, 0.25) is 0 Å². The number of carbonyl (C=O) groups excluding carboxylic acids is 1. The van der Waals surface area contributed by atoms with Crippen molar-refractivity contribution in [2.75, 3.05) is 46.4 Å². The summed E-state index contributed by atoms with van der Waals surface area (Å²) in [5.74, 6) is 0.203. The van der Waals surface area contributed by atoms with Crippen LogP contribution in [0.15, 0.2) is 18.2 Å². The Balaban J connectivity index is 1.65. The minimum atomic E-state index is -0.645. The first-order valence-corrected chi connectivity index (χ1v) is 10.4. The molecule has 0 bridgehead atoms. The number of benzene rings is 2. The van der Waals surface area contributed by atoms with Crippen LogP contribution in [0.25, 0.3) is 0 Å². The molecule has 2 aliphatic heterocycles. The van der Waals surface area contributed by atoms with Crippen LogP contribution >= 0.6 is 0 Å². The van der Waals surface area contributed by atoms with Gasteiger partial charge < -0.3 is 24.0 Å². The molecule has 32 heavy (non-hydrogen) atoms. The number of ether oxygens (including phenoxy) is 3. The van der Waals surface area contributed by atoms with Crippen LogP contribution in [0.2, 0.25) is 0 Å². The maximum atomic E-state index is 15.0. The van der Waals surface area contributed by atoms with Crippen molar-refractivity contribution in [3.05, 3.63) is 46.3 Å². The molecule has 170 valence electrons. The average molecular weight is 442 g/mol. The van der Waals surface area contributed by atoms with Crippen molar-refractivity contribution in [3.63, 3.8) is 0 Å². The molecule has 0 aromatic heterocycles. The van der Waals surface area contributed by atoms with E-state index < -0.39 is 5.82 Å². The molecule has 7 nitrogen and oxygen atoms in total. The maximum Gasteiger partial charge on any atom is 0.197 e. The number of methoxy groups -OCH3 is 2. The van der Waals surface area contributed by atoms with Crippen molar-refractivity contribution in [1.82, 2.24) is 4.90 Å². The number of rotatable bonds is 6. The molecule has 0 unspecified atom stereocenters. The Kier molecular flexibility index (Phi) is 5.27. The summed E-state index contributed by atoms with van der Waals surface area (Å²) in [5, 5.41) is 8.49. The molecule has 2 heterocycles. The Bertz CT molecular complexity index is 1130. The van der Waals surface area contributed by atoms with E-state index in [4.69, 9.17) is 19.6 Å². The van der Waals surface area contributed by atoms with E-state index >= 15 is 4.39 Å². The fourth-order valence-electron chi connectivity index (χ4n) is 4.32. The summed E-state index contributed by atoms with van der Waals surface area (Å²) in [6, 6.07) is 5.37. The van der Waals surface area contributed by atoms with Gasteiger partial charge in [-0.2, -0.15) is 0 Å².